The normalized spacial score (nSPS) is 14.8. The molecule has 0 saturated carbocycles. The van der Waals surface area contributed by atoms with E-state index in [9.17, 15) is 9.59 Å². The summed E-state index contributed by atoms with van der Waals surface area (Å²) in [6.07, 6.45) is 3.36. The summed E-state index contributed by atoms with van der Waals surface area (Å²) in [5.41, 5.74) is 4.81. The van der Waals surface area contributed by atoms with Gasteiger partial charge in [0.25, 0.3) is 5.91 Å². The summed E-state index contributed by atoms with van der Waals surface area (Å²) in [6.45, 7) is 8.60. The Hall–Kier alpha value is -2.63. The lowest BCUT2D eigenvalue weighted by atomic mass is 10.0. The van der Waals surface area contributed by atoms with Gasteiger partial charge in [-0.1, -0.05) is 31.2 Å². The van der Waals surface area contributed by atoms with Crippen molar-refractivity contribution in [1.29, 1.82) is 0 Å². The van der Waals surface area contributed by atoms with E-state index in [4.69, 9.17) is 4.42 Å². The molecule has 170 valence electrons. The van der Waals surface area contributed by atoms with Crippen LogP contribution in [0.25, 0.3) is 11.0 Å². The van der Waals surface area contributed by atoms with E-state index >= 15 is 0 Å². The van der Waals surface area contributed by atoms with Crippen LogP contribution in [0, 0.1) is 13.8 Å². The SMILES string of the molecule is CCc1ccc(C(CNC(=O)c2cc(=O)c3cc(C)c(C)cc3o2)N2CCCC2)cc1.Cl. The number of carbonyl (C=O) groups excluding carboxylic acids is 1. The third-order valence-corrected chi connectivity index (χ3v) is 6.38. The molecule has 32 heavy (non-hydrogen) atoms. The van der Waals surface area contributed by atoms with Crippen molar-refractivity contribution in [2.45, 2.75) is 46.1 Å². The van der Waals surface area contributed by atoms with Crippen molar-refractivity contribution in [3.63, 3.8) is 0 Å². The monoisotopic (exact) mass is 454 g/mol. The largest absolute Gasteiger partial charge is 0.451 e. The van der Waals surface area contributed by atoms with Crippen molar-refractivity contribution in [3.05, 3.63) is 80.7 Å². The molecule has 1 atom stereocenters. The molecule has 2 heterocycles. The molecule has 1 amide bonds. The fraction of sp³-hybridized carbons (Fsp3) is 0.385. The van der Waals surface area contributed by atoms with E-state index in [1.165, 1.54) is 30.0 Å². The number of carbonyl (C=O) groups is 1. The summed E-state index contributed by atoms with van der Waals surface area (Å²) < 4.78 is 5.81. The molecule has 4 rings (SSSR count). The number of hydrogen-bond donors (Lipinski definition) is 1. The summed E-state index contributed by atoms with van der Waals surface area (Å²) in [4.78, 5) is 27.9. The number of likely N-dealkylation sites (tertiary alicyclic amines) is 1. The quantitative estimate of drug-likeness (QED) is 0.571. The number of nitrogens with zero attached hydrogens (tertiary/aromatic N) is 1. The molecule has 1 fully saturated rings. The van der Waals surface area contributed by atoms with Crippen LogP contribution >= 0.6 is 12.4 Å². The van der Waals surface area contributed by atoms with Gasteiger partial charge in [0, 0.05) is 12.6 Å². The zero-order valence-electron chi connectivity index (χ0n) is 18.9. The van der Waals surface area contributed by atoms with E-state index in [1.807, 2.05) is 26.0 Å². The van der Waals surface area contributed by atoms with Crippen LogP contribution in [0.4, 0.5) is 0 Å². The Kier molecular flexibility index (Phi) is 7.75. The highest BCUT2D eigenvalue weighted by molar-refractivity contribution is 5.93. The maximum Gasteiger partial charge on any atom is 0.287 e. The predicted molar refractivity (Wildman–Crippen MR) is 131 cm³/mol. The molecule has 1 aliphatic heterocycles. The zero-order chi connectivity index (χ0) is 22.0. The first-order chi connectivity index (χ1) is 15.0. The molecule has 1 N–H and O–H groups in total. The highest BCUT2D eigenvalue weighted by atomic mass is 35.5. The van der Waals surface area contributed by atoms with E-state index in [-0.39, 0.29) is 35.5 Å². The smallest absolute Gasteiger partial charge is 0.287 e. The number of halogens is 1. The van der Waals surface area contributed by atoms with E-state index in [0.717, 1.165) is 30.6 Å². The van der Waals surface area contributed by atoms with Crippen molar-refractivity contribution in [1.82, 2.24) is 10.2 Å². The summed E-state index contributed by atoms with van der Waals surface area (Å²) in [7, 11) is 0. The topological polar surface area (TPSA) is 62.6 Å². The third kappa shape index (κ3) is 5.05. The minimum Gasteiger partial charge on any atom is -0.451 e. The van der Waals surface area contributed by atoms with Crippen LogP contribution in [0.3, 0.4) is 0 Å². The van der Waals surface area contributed by atoms with Gasteiger partial charge in [0.1, 0.15) is 5.58 Å². The maximum atomic E-state index is 12.9. The molecule has 0 aliphatic carbocycles. The Balaban J connectivity index is 0.00000289. The summed E-state index contributed by atoms with van der Waals surface area (Å²) in [6, 6.07) is 13.7. The lowest BCUT2D eigenvalue weighted by Gasteiger charge is -2.28. The highest BCUT2D eigenvalue weighted by Crippen LogP contribution is 2.25. The molecule has 0 bridgehead atoms. The van der Waals surface area contributed by atoms with Crippen molar-refractivity contribution >= 4 is 29.3 Å². The Morgan fingerprint density at radius 3 is 2.38 bits per heavy atom. The first-order valence-corrected chi connectivity index (χ1v) is 11.1. The van der Waals surface area contributed by atoms with Crippen molar-refractivity contribution in [2.75, 3.05) is 19.6 Å². The van der Waals surface area contributed by atoms with Gasteiger partial charge in [-0.3, -0.25) is 14.5 Å². The van der Waals surface area contributed by atoms with Gasteiger partial charge >= 0.3 is 0 Å². The lowest BCUT2D eigenvalue weighted by Crippen LogP contribution is -2.37. The molecule has 1 aliphatic rings. The maximum absolute atomic E-state index is 12.9. The molecule has 1 unspecified atom stereocenters. The van der Waals surface area contributed by atoms with E-state index < -0.39 is 0 Å². The minimum absolute atomic E-state index is 0. The average molecular weight is 455 g/mol. The first-order valence-electron chi connectivity index (χ1n) is 11.1. The second kappa shape index (κ2) is 10.3. The standard InChI is InChI=1S/C26H30N2O3.ClH/c1-4-19-7-9-20(10-8-19)22(28-11-5-6-12-28)16-27-26(30)25-15-23(29)21-13-17(2)18(3)14-24(21)31-25;/h7-10,13-15,22H,4-6,11-12,16H2,1-3H3,(H,27,30);1H. The van der Waals surface area contributed by atoms with Gasteiger partial charge in [0.15, 0.2) is 11.2 Å². The zero-order valence-corrected chi connectivity index (χ0v) is 19.8. The Bertz CT molecular complexity index is 1150. The minimum atomic E-state index is -0.355. The van der Waals surface area contributed by atoms with Gasteiger partial charge < -0.3 is 9.73 Å². The van der Waals surface area contributed by atoms with E-state index in [0.29, 0.717) is 17.5 Å². The molecule has 1 saturated heterocycles. The Labute approximate surface area is 195 Å². The number of rotatable bonds is 6. The number of benzene rings is 2. The molecule has 0 radical (unpaired) electrons. The Morgan fingerprint density at radius 1 is 1.06 bits per heavy atom. The van der Waals surface area contributed by atoms with Crippen LogP contribution in [0.5, 0.6) is 0 Å². The van der Waals surface area contributed by atoms with Crippen molar-refractivity contribution in [3.8, 4) is 0 Å². The molecule has 3 aromatic rings. The van der Waals surface area contributed by atoms with Gasteiger partial charge in [0.2, 0.25) is 0 Å². The van der Waals surface area contributed by atoms with Gasteiger partial charge in [-0.25, -0.2) is 0 Å². The average Bonchev–Trinajstić information content (AvgIpc) is 3.30. The van der Waals surface area contributed by atoms with Crippen LogP contribution in [0.1, 0.15) is 58.6 Å². The summed E-state index contributed by atoms with van der Waals surface area (Å²) in [5, 5.41) is 3.51. The number of hydrogen-bond acceptors (Lipinski definition) is 4. The molecular weight excluding hydrogens is 424 g/mol. The third-order valence-electron chi connectivity index (χ3n) is 6.38. The number of fused-ring (bicyclic) bond motifs is 1. The van der Waals surface area contributed by atoms with Gasteiger partial charge in [-0.05, 0) is 80.6 Å². The van der Waals surface area contributed by atoms with Crippen LogP contribution in [0.2, 0.25) is 0 Å². The molecule has 2 aromatic carbocycles. The lowest BCUT2D eigenvalue weighted by molar-refractivity contribution is 0.0910. The molecule has 5 nitrogen and oxygen atoms in total. The first kappa shape index (κ1) is 24.0. The van der Waals surface area contributed by atoms with Gasteiger partial charge in [-0.15, -0.1) is 12.4 Å². The summed E-state index contributed by atoms with van der Waals surface area (Å²) >= 11 is 0. The van der Waals surface area contributed by atoms with E-state index in [1.54, 1.807) is 0 Å². The van der Waals surface area contributed by atoms with Gasteiger partial charge in [-0.2, -0.15) is 0 Å². The van der Waals surface area contributed by atoms with Crippen LogP contribution < -0.4 is 10.7 Å². The molecular formula is C26H31ClN2O3. The highest BCUT2D eigenvalue weighted by Gasteiger charge is 2.24. The predicted octanol–water partition coefficient (Wildman–Crippen LogP) is 4.96. The summed E-state index contributed by atoms with van der Waals surface area (Å²) in [5.74, 6) is -0.297. The van der Waals surface area contributed by atoms with Gasteiger partial charge in [0.05, 0.1) is 11.4 Å². The second-order valence-corrected chi connectivity index (χ2v) is 8.47. The van der Waals surface area contributed by atoms with E-state index in [2.05, 4.69) is 41.4 Å². The Morgan fingerprint density at radius 2 is 1.72 bits per heavy atom. The van der Waals surface area contributed by atoms with Crippen LogP contribution in [-0.2, 0) is 6.42 Å². The van der Waals surface area contributed by atoms with Crippen molar-refractivity contribution in [2.24, 2.45) is 0 Å². The number of amides is 1. The second-order valence-electron chi connectivity index (χ2n) is 8.47. The number of aryl methyl sites for hydroxylation is 3. The molecule has 1 aromatic heterocycles. The fourth-order valence-corrected chi connectivity index (χ4v) is 4.29. The number of nitrogens with one attached hydrogen (secondary N) is 1. The molecule has 6 heteroatoms. The molecule has 0 spiro atoms. The van der Waals surface area contributed by atoms with Crippen LogP contribution in [-0.4, -0.2) is 30.4 Å². The van der Waals surface area contributed by atoms with Crippen LogP contribution in [0.15, 0.2) is 51.7 Å². The fourth-order valence-electron chi connectivity index (χ4n) is 4.29. The van der Waals surface area contributed by atoms with Crippen molar-refractivity contribution < 1.29 is 9.21 Å².